The molecule has 0 saturated heterocycles. The van der Waals surface area contributed by atoms with Crippen molar-refractivity contribution in [1.29, 1.82) is 0 Å². The number of thioether (sulfide) groups is 1. The summed E-state index contributed by atoms with van der Waals surface area (Å²) in [6.07, 6.45) is 0.747. The Kier molecular flexibility index (Phi) is 7.20. The fourth-order valence-electron chi connectivity index (χ4n) is 2.22. The number of nitrogens with one attached hydrogen (secondary N) is 1. The lowest BCUT2D eigenvalue weighted by molar-refractivity contribution is -0.146. The predicted molar refractivity (Wildman–Crippen MR) is 98.6 cm³/mol. The van der Waals surface area contributed by atoms with Gasteiger partial charge in [-0.15, -0.1) is 10.2 Å². The monoisotopic (exact) mass is 377 g/mol. The van der Waals surface area contributed by atoms with Gasteiger partial charge in [-0.1, -0.05) is 49.7 Å². The molecule has 0 aliphatic heterocycles. The zero-order valence-corrected chi connectivity index (χ0v) is 16.1. The van der Waals surface area contributed by atoms with Crippen molar-refractivity contribution in [1.82, 2.24) is 15.5 Å². The molecule has 8 heteroatoms. The lowest BCUT2D eigenvalue weighted by atomic mass is 9.99. The van der Waals surface area contributed by atoms with Gasteiger partial charge in [0.15, 0.2) is 0 Å². The Morgan fingerprint density at radius 3 is 2.58 bits per heavy atom. The number of hydrogen-bond acceptors (Lipinski definition) is 7. The third-order valence-electron chi connectivity index (χ3n) is 4.02. The number of amides is 1. The molecule has 0 aliphatic rings. The van der Waals surface area contributed by atoms with Crippen LogP contribution in [0.1, 0.15) is 25.8 Å². The van der Waals surface area contributed by atoms with Crippen molar-refractivity contribution < 1.29 is 18.7 Å². The number of rotatable bonds is 8. The number of methoxy groups -OCH3 is 1. The zero-order chi connectivity index (χ0) is 19.1. The molecule has 7 nitrogen and oxygen atoms in total. The molecule has 0 fully saturated rings. The topological polar surface area (TPSA) is 94.3 Å². The highest BCUT2D eigenvalue weighted by Crippen LogP contribution is 2.23. The largest absolute Gasteiger partial charge is 0.467 e. The SMILES string of the molecule is CC[C@@H](C)[C@@H](NC(=O)CSc1nnc(-c2ccc(C)cc2)o1)C(=O)OC. The van der Waals surface area contributed by atoms with Gasteiger partial charge in [-0.05, 0) is 25.0 Å². The lowest BCUT2D eigenvalue weighted by Crippen LogP contribution is -2.46. The molecular weight excluding hydrogens is 354 g/mol. The molecule has 1 aromatic carbocycles. The van der Waals surface area contributed by atoms with E-state index in [1.165, 1.54) is 7.11 Å². The minimum absolute atomic E-state index is 0.0204. The van der Waals surface area contributed by atoms with Crippen molar-refractivity contribution in [2.45, 2.75) is 38.5 Å². The summed E-state index contributed by atoms with van der Waals surface area (Å²) in [5.41, 5.74) is 1.96. The van der Waals surface area contributed by atoms with E-state index in [4.69, 9.17) is 9.15 Å². The van der Waals surface area contributed by atoms with Crippen LogP contribution in [0.25, 0.3) is 11.5 Å². The molecule has 1 heterocycles. The van der Waals surface area contributed by atoms with Crippen LogP contribution in [-0.2, 0) is 14.3 Å². The quantitative estimate of drug-likeness (QED) is 0.558. The van der Waals surface area contributed by atoms with Gasteiger partial charge < -0.3 is 14.5 Å². The van der Waals surface area contributed by atoms with E-state index in [1.54, 1.807) is 0 Å². The molecule has 2 rings (SSSR count). The number of carbonyl (C=O) groups excluding carboxylic acids is 2. The van der Waals surface area contributed by atoms with Crippen molar-refractivity contribution in [3.63, 3.8) is 0 Å². The Bertz CT molecular complexity index is 745. The molecule has 2 aromatic rings. The van der Waals surface area contributed by atoms with Crippen LogP contribution in [0.2, 0.25) is 0 Å². The molecule has 1 N–H and O–H groups in total. The number of ether oxygens (including phenoxy) is 1. The maximum atomic E-state index is 12.2. The van der Waals surface area contributed by atoms with Gasteiger partial charge in [0.2, 0.25) is 11.8 Å². The minimum Gasteiger partial charge on any atom is -0.467 e. The van der Waals surface area contributed by atoms with Gasteiger partial charge in [-0.25, -0.2) is 4.79 Å². The molecule has 1 amide bonds. The van der Waals surface area contributed by atoms with Gasteiger partial charge in [0, 0.05) is 5.56 Å². The fraction of sp³-hybridized carbons (Fsp3) is 0.444. The van der Waals surface area contributed by atoms with Gasteiger partial charge in [-0.2, -0.15) is 0 Å². The van der Waals surface area contributed by atoms with E-state index in [1.807, 2.05) is 45.0 Å². The molecule has 1 aromatic heterocycles. The number of aromatic nitrogens is 2. The standard InChI is InChI=1S/C18H23N3O4S/c1-5-12(3)15(17(23)24-4)19-14(22)10-26-18-21-20-16(25-18)13-8-6-11(2)7-9-13/h6-9,12,15H,5,10H2,1-4H3,(H,19,22)/t12-,15-/m1/s1. The average Bonchev–Trinajstić information content (AvgIpc) is 3.12. The highest BCUT2D eigenvalue weighted by atomic mass is 32.2. The second-order valence-electron chi connectivity index (χ2n) is 5.98. The van der Waals surface area contributed by atoms with Crippen LogP contribution in [0.5, 0.6) is 0 Å². The third kappa shape index (κ3) is 5.32. The summed E-state index contributed by atoms with van der Waals surface area (Å²) >= 11 is 1.12. The first-order valence-corrected chi connectivity index (χ1v) is 9.33. The van der Waals surface area contributed by atoms with E-state index in [0.29, 0.717) is 11.1 Å². The number of esters is 1. The summed E-state index contributed by atoms with van der Waals surface area (Å²) in [5, 5.41) is 10.9. The molecule has 140 valence electrons. The van der Waals surface area contributed by atoms with Gasteiger partial charge in [-0.3, -0.25) is 4.79 Å². The normalized spacial score (nSPS) is 13.1. The zero-order valence-electron chi connectivity index (χ0n) is 15.3. The summed E-state index contributed by atoms with van der Waals surface area (Å²) < 4.78 is 10.3. The van der Waals surface area contributed by atoms with Gasteiger partial charge in [0.1, 0.15) is 6.04 Å². The third-order valence-corrected chi connectivity index (χ3v) is 4.83. The lowest BCUT2D eigenvalue weighted by Gasteiger charge is -2.21. The van der Waals surface area contributed by atoms with Crippen LogP contribution in [-0.4, -0.2) is 41.0 Å². The second-order valence-corrected chi connectivity index (χ2v) is 6.91. The first-order valence-electron chi connectivity index (χ1n) is 8.35. The van der Waals surface area contributed by atoms with Crippen LogP contribution < -0.4 is 5.32 Å². The number of benzene rings is 1. The number of carbonyl (C=O) groups is 2. The van der Waals surface area contributed by atoms with Crippen molar-refractivity contribution >= 4 is 23.6 Å². The van der Waals surface area contributed by atoms with Crippen LogP contribution in [0.4, 0.5) is 0 Å². The van der Waals surface area contributed by atoms with Crippen LogP contribution >= 0.6 is 11.8 Å². The van der Waals surface area contributed by atoms with E-state index in [0.717, 1.165) is 29.3 Å². The molecule has 0 unspecified atom stereocenters. The molecule has 2 atom stereocenters. The summed E-state index contributed by atoms with van der Waals surface area (Å²) in [6, 6.07) is 7.06. The Balaban J connectivity index is 1.92. The number of aryl methyl sites for hydroxylation is 1. The summed E-state index contributed by atoms with van der Waals surface area (Å²) in [7, 11) is 1.31. The first-order chi connectivity index (χ1) is 12.4. The fourth-order valence-corrected chi connectivity index (χ4v) is 2.79. The first kappa shape index (κ1) is 20.0. The molecule has 26 heavy (non-hydrogen) atoms. The molecular formula is C18H23N3O4S. The van der Waals surface area contributed by atoms with E-state index < -0.39 is 12.0 Å². The van der Waals surface area contributed by atoms with E-state index >= 15 is 0 Å². The smallest absolute Gasteiger partial charge is 0.328 e. The second kappa shape index (κ2) is 9.38. The van der Waals surface area contributed by atoms with Gasteiger partial charge in [0.05, 0.1) is 12.9 Å². The maximum Gasteiger partial charge on any atom is 0.328 e. The van der Waals surface area contributed by atoms with Crippen molar-refractivity contribution in [3.05, 3.63) is 29.8 Å². The predicted octanol–water partition coefficient (Wildman–Crippen LogP) is 2.84. The molecule has 0 saturated carbocycles. The van der Waals surface area contributed by atoms with Gasteiger partial charge >= 0.3 is 5.97 Å². The maximum absolute atomic E-state index is 12.2. The average molecular weight is 377 g/mol. The molecule has 0 spiro atoms. The summed E-state index contributed by atoms with van der Waals surface area (Å²) in [6.45, 7) is 5.84. The number of nitrogens with zero attached hydrogens (tertiary/aromatic N) is 2. The Morgan fingerprint density at radius 2 is 1.96 bits per heavy atom. The van der Waals surface area contributed by atoms with Crippen molar-refractivity contribution in [2.24, 2.45) is 5.92 Å². The van der Waals surface area contributed by atoms with E-state index in [9.17, 15) is 9.59 Å². The van der Waals surface area contributed by atoms with E-state index in [-0.39, 0.29) is 17.6 Å². The van der Waals surface area contributed by atoms with Crippen molar-refractivity contribution in [3.8, 4) is 11.5 Å². The van der Waals surface area contributed by atoms with Gasteiger partial charge in [0.25, 0.3) is 5.22 Å². The van der Waals surface area contributed by atoms with Crippen LogP contribution in [0.15, 0.2) is 33.9 Å². The molecule has 0 aliphatic carbocycles. The van der Waals surface area contributed by atoms with Crippen LogP contribution in [0, 0.1) is 12.8 Å². The minimum atomic E-state index is -0.663. The highest BCUT2D eigenvalue weighted by Gasteiger charge is 2.26. The summed E-state index contributed by atoms with van der Waals surface area (Å²) in [4.78, 5) is 24.0. The van der Waals surface area contributed by atoms with Crippen LogP contribution in [0.3, 0.4) is 0 Å². The molecule has 0 bridgehead atoms. The van der Waals surface area contributed by atoms with Crippen molar-refractivity contribution in [2.75, 3.05) is 12.9 Å². The summed E-state index contributed by atoms with van der Waals surface area (Å²) in [5.74, 6) is -0.287. The Morgan fingerprint density at radius 1 is 1.27 bits per heavy atom. The Hall–Kier alpha value is -2.35. The highest BCUT2D eigenvalue weighted by molar-refractivity contribution is 7.99. The Labute approximate surface area is 156 Å². The number of hydrogen-bond donors (Lipinski definition) is 1. The van der Waals surface area contributed by atoms with E-state index in [2.05, 4.69) is 15.5 Å². The molecule has 0 radical (unpaired) electrons.